The molecule has 0 spiro atoms. The summed E-state index contributed by atoms with van der Waals surface area (Å²) in [7, 11) is 0. The van der Waals surface area contributed by atoms with Crippen LogP contribution < -0.4 is 5.32 Å². The van der Waals surface area contributed by atoms with Gasteiger partial charge in [0, 0.05) is 28.9 Å². The molecule has 0 aliphatic heterocycles. The van der Waals surface area contributed by atoms with E-state index >= 15 is 0 Å². The Hall–Kier alpha value is -3.40. The number of hydrogen-bond donors (Lipinski definition) is 1. The first-order valence-electron chi connectivity index (χ1n) is 9.84. The van der Waals surface area contributed by atoms with Crippen LogP contribution in [0.3, 0.4) is 0 Å². The topological polar surface area (TPSA) is 77.1 Å². The Labute approximate surface area is 184 Å². The number of carbonyl (C=O) groups is 1. The van der Waals surface area contributed by atoms with Crippen LogP contribution >= 0.6 is 11.6 Å². The fraction of sp³-hybridized carbons (Fsp3) is 0.238. The van der Waals surface area contributed by atoms with Gasteiger partial charge in [-0.2, -0.15) is 10.2 Å². The van der Waals surface area contributed by atoms with Crippen LogP contribution in [0.5, 0.6) is 0 Å². The van der Waals surface area contributed by atoms with E-state index in [1.54, 1.807) is 12.3 Å². The van der Waals surface area contributed by atoms with E-state index in [0.29, 0.717) is 16.9 Å². The number of anilines is 1. The molecule has 164 valence electrons. The lowest BCUT2D eigenvalue weighted by Crippen LogP contribution is -2.12. The number of carbonyl (C=O) groups excluding carboxylic acids is 1. The van der Waals surface area contributed by atoms with Crippen molar-refractivity contribution < 1.29 is 18.0 Å². The van der Waals surface area contributed by atoms with Crippen molar-refractivity contribution in [3.05, 3.63) is 76.2 Å². The molecule has 1 saturated carbocycles. The van der Waals surface area contributed by atoms with Gasteiger partial charge in [0.2, 0.25) is 0 Å². The highest BCUT2D eigenvalue weighted by Gasteiger charge is 2.28. The predicted molar refractivity (Wildman–Crippen MR) is 111 cm³/mol. The first-order chi connectivity index (χ1) is 15.4. The summed E-state index contributed by atoms with van der Waals surface area (Å²) in [6.45, 7) is 0.273. The number of nitrogens with zero attached hydrogens (tertiary/aromatic N) is 5. The summed E-state index contributed by atoms with van der Waals surface area (Å²) >= 11 is 6.04. The SMILES string of the molecule is O=C(Nc1cnn(Cc2ccc(F)cc2Cl)c1)c1cc2nc(C3CC3)cc(C(F)F)n2n1. The lowest BCUT2D eigenvalue weighted by molar-refractivity contribution is 0.102. The highest BCUT2D eigenvalue weighted by Crippen LogP contribution is 2.40. The second kappa shape index (κ2) is 7.94. The van der Waals surface area contributed by atoms with Crippen LogP contribution in [0.2, 0.25) is 5.02 Å². The Balaban J connectivity index is 1.35. The smallest absolute Gasteiger partial charge is 0.280 e. The quantitative estimate of drug-likeness (QED) is 0.447. The maximum atomic E-state index is 13.5. The lowest BCUT2D eigenvalue weighted by atomic mass is 10.2. The zero-order valence-electron chi connectivity index (χ0n) is 16.5. The second-order valence-electron chi connectivity index (χ2n) is 7.60. The molecule has 0 atom stereocenters. The highest BCUT2D eigenvalue weighted by atomic mass is 35.5. The Morgan fingerprint density at radius 1 is 1.25 bits per heavy atom. The Morgan fingerprint density at radius 3 is 2.78 bits per heavy atom. The van der Waals surface area contributed by atoms with Gasteiger partial charge in [-0.3, -0.25) is 9.48 Å². The summed E-state index contributed by atoms with van der Waals surface area (Å²) in [4.78, 5) is 17.0. The summed E-state index contributed by atoms with van der Waals surface area (Å²) in [5, 5.41) is 11.1. The van der Waals surface area contributed by atoms with Crippen LogP contribution in [0.15, 0.2) is 42.7 Å². The van der Waals surface area contributed by atoms with Crippen molar-refractivity contribution in [3.63, 3.8) is 0 Å². The third kappa shape index (κ3) is 4.05. The number of halogens is 4. The standard InChI is InChI=1S/C21H16ClF3N6O/c22-15-5-13(23)4-3-12(15)9-30-10-14(8-26-30)27-21(32)17-7-19-28-16(11-1-2-11)6-18(20(24)25)31(19)29-17/h3-8,10-11,20H,1-2,9H2,(H,27,32). The van der Waals surface area contributed by atoms with E-state index in [1.807, 2.05) is 0 Å². The van der Waals surface area contributed by atoms with Crippen LogP contribution in [0.25, 0.3) is 5.65 Å². The third-order valence-corrected chi connectivity index (χ3v) is 5.52. The van der Waals surface area contributed by atoms with Crippen molar-refractivity contribution in [2.45, 2.75) is 31.7 Å². The molecule has 1 amide bonds. The minimum atomic E-state index is -2.75. The molecule has 3 heterocycles. The van der Waals surface area contributed by atoms with E-state index in [-0.39, 0.29) is 34.5 Å². The first kappa shape index (κ1) is 20.5. The van der Waals surface area contributed by atoms with Gasteiger partial charge >= 0.3 is 0 Å². The minimum Gasteiger partial charge on any atom is -0.318 e. The molecule has 1 aromatic carbocycles. The van der Waals surface area contributed by atoms with Crippen molar-refractivity contribution in [2.75, 3.05) is 5.32 Å². The average Bonchev–Trinajstić information content (AvgIpc) is 3.36. The van der Waals surface area contributed by atoms with E-state index in [0.717, 1.165) is 17.4 Å². The average molecular weight is 461 g/mol. The van der Waals surface area contributed by atoms with Crippen molar-refractivity contribution in [3.8, 4) is 0 Å². The summed E-state index contributed by atoms with van der Waals surface area (Å²) in [5.41, 5.74) is 1.51. The Bertz CT molecular complexity index is 1330. The molecule has 1 N–H and O–H groups in total. The Kier molecular flexibility index (Phi) is 5.09. The lowest BCUT2D eigenvalue weighted by Gasteiger charge is -2.06. The Morgan fingerprint density at radius 2 is 2.06 bits per heavy atom. The van der Waals surface area contributed by atoms with E-state index in [9.17, 15) is 18.0 Å². The molecule has 0 unspecified atom stereocenters. The summed E-state index contributed by atoms with van der Waals surface area (Å²) in [6.07, 6.45) is 2.09. The normalized spacial score (nSPS) is 13.8. The predicted octanol–water partition coefficient (Wildman–Crippen LogP) is 4.83. The number of nitrogens with one attached hydrogen (secondary N) is 1. The van der Waals surface area contributed by atoms with Gasteiger partial charge in [-0.25, -0.2) is 22.7 Å². The summed E-state index contributed by atoms with van der Waals surface area (Å²) < 4.78 is 42.8. The summed E-state index contributed by atoms with van der Waals surface area (Å²) in [6, 6.07) is 6.80. The fourth-order valence-corrected chi connectivity index (χ4v) is 3.63. The van der Waals surface area contributed by atoms with Crippen LogP contribution in [-0.2, 0) is 6.54 Å². The molecule has 0 radical (unpaired) electrons. The fourth-order valence-electron chi connectivity index (χ4n) is 3.41. The zero-order chi connectivity index (χ0) is 22.4. The van der Waals surface area contributed by atoms with Gasteiger partial charge < -0.3 is 5.32 Å². The zero-order valence-corrected chi connectivity index (χ0v) is 17.2. The first-order valence-corrected chi connectivity index (χ1v) is 10.2. The van der Waals surface area contributed by atoms with Crippen LogP contribution in [0.4, 0.5) is 18.9 Å². The molecule has 7 nitrogen and oxygen atoms in total. The molecule has 11 heteroatoms. The monoisotopic (exact) mass is 460 g/mol. The van der Waals surface area contributed by atoms with E-state index in [2.05, 4.69) is 20.5 Å². The van der Waals surface area contributed by atoms with Crippen LogP contribution in [-0.4, -0.2) is 30.3 Å². The van der Waals surface area contributed by atoms with Gasteiger partial charge in [0.1, 0.15) is 11.5 Å². The molecule has 0 saturated heterocycles. The van der Waals surface area contributed by atoms with E-state index < -0.39 is 18.1 Å². The van der Waals surface area contributed by atoms with E-state index in [1.165, 1.54) is 35.1 Å². The highest BCUT2D eigenvalue weighted by molar-refractivity contribution is 6.31. The number of fused-ring (bicyclic) bond motifs is 1. The maximum Gasteiger partial charge on any atom is 0.280 e. The molecule has 1 aliphatic rings. The number of amides is 1. The maximum absolute atomic E-state index is 13.5. The number of rotatable bonds is 6. The largest absolute Gasteiger partial charge is 0.318 e. The number of hydrogen-bond acceptors (Lipinski definition) is 4. The molecule has 0 bridgehead atoms. The van der Waals surface area contributed by atoms with E-state index in [4.69, 9.17) is 11.6 Å². The molecule has 3 aromatic heterocycles. The number of benzene rings is 1. The van der Waals surface area contributed by atoms with Gasteiger partial charge in [-0.05, 0) is 36.6 Å². The molecular weight excluding hydrogens is 445 g/mol. The molecule has 5 rings (SSSR count). The van der Waals surface area contributed by atoms with Crippen molar-refractivity contribution in [2.24, 2.45) is 0 Å². The van der Waals surface area contributed by atoms with Crippen molar-refractivity contribution >= 4 is 28.8 Å². The molecule has 4 aromatic rings. The van der Waals surface area contributed by atoms with Gasteiger partial charge in [0.25, 0.3) is 12.3 Å². The van der Waals surface area contributed by atoms with Crippen molar-refractivity contribution in [1.29, 1.82) is 0 Å². The van der Waals surface area contributed by atoms with Crippen LogP contribution in [0.1, 0.15) is 52.6 Å². The molecular formula is C21H16ClF3N6O. The van der Waals surface area contributed by atoms with Crippen LogP contribution in [0, 0.1) is 5.82 Å². The summed E-state index contributed by atoms with van der Waals surface area (Å²) in [5.74, 6) is -0.832. The van der Waals surface area contributed by atoms with Gasteiger partial charge in [-0.15, -0.1) is 0 Å². The second-order valence-corrected chi connectivity index (χ2v) is 8.00. The molecule has 32 heavy (non-hydrogen) atoms. The van der Waals surface area contributed by atoms with Crippen molar-refractivity contribution in [1.82, 2.24) is 24.4 Å². The minimum absolute atomic E-state index is 0.0401. The van der Waals surface area contributed by atoms with Gasteiger partial charge in [0.05, 0.1) is 18.4 Å². The number of aromatic nitrogens is 5. The molecule has 1 fully saturated rings. The van der Waals surface area contributed by atoms with Gasteiger partial charge in [0.15, 0.2) is 11.3 Å². The molecule has 1 aliphatic carbocycles. The van der Waals surface area contributed by atoms with Gasteiger partial charge in [-0.1, -0.05) is 17.7 Å². The third-order valence-electron chi connectivity index (χ3n) is 5.16. The number of alkyl halides is 2.